The molecule has 0 aromatic heterocycles. The Morgan fingerprint density at radius 1 is 1.03 bits per heavy atom. The minimum atomic E-state index is -0.487. The fraction of sp³-hybridized carbons (Fsp3) is 0.261. The monoisotopic (exact) mass is 454 g/mol. The van der Waals surface area contributed by atoms with Gasteiger partial charge in [0.1, 0.15) is 0 Å². The quantitative estimate of drug-likeness (QED) is 0.252. The van der Waals surface area contributed by atoms with Crippen LogP contribution in [0.4, 0.5) is 11.4 Å². The molecule has 8 nitrogen and oxygen atoms in total. The number of nitrogens with one attached hydrogen (secondary N) is 2. The molecule has 0 bridgehead atoms. The van der Waals surface area contributed by atoms with Crippen LogP contribution in [0.1, 0.15) is 42.6 Å². The summed E-state index contributed by atoms with van der Waals surface area (Å²) in [7, 11) is 0. The number of non-ortho nitro benzene ring substituents is 1. The van der Waals surface area contributed by atoms with Gasteiger partial charge in [-0.1, -0.05) is 13.8 Å². The number of hydrogen-bond donors (Lipinski definition) is 2. The number of benzene rings is 2. The maximum atomic E-state index is 12.6. The molecular formula is C23H26N4O4S. The summed E-state index contributed by atoms with van der Waals surface area (Å²) in [5, 5.41) is 16.2. The molecule has 0 saturated carbocycles. The van der Waals surface area contributed by atoms with Crippen LogP contribution in [0.15, 0.2) is 54.6 Å². The highest BCUT2D eigenvalue weighted by atomic mass is 32.1. The zero-order chi connectivity index (χ0) is 23.5. The fourth-order valence-electron chi connectivity index (χ4n) is 2.93. The molecule has 0 aliphatic rings. The average Bonchev–Trinajstić information content (AvgIpc) is 2.77. The smallest absolute Gasteiger partial charge is 0.269 e. The number of nitro benzene ring substituents is 1. The standard InChI is InChI=1S/C23H26N4O4S/c1-3-15-26(16-4-2)22(29)18-8-10-19(11-9-18)24-23(32)25-21(28)14-7-17-5-12-20(13-6-17)27(30)31/h5-14H,3-4,15-16H2,1-2H3,(H2,24,25,28,32)/b14-7+. The second-order valence-corrected chi connectivity index (χ2v) is 7.40. The third-order valence-corrected chi connectivity index (χ3v) is 4.64. The number of thiocarbonyl (C=S) groups is 1. The van der Waals surface area contributed by atoms with Gasteiger partial charge in [-0.2, -0.15) is 0 Å². The minimum absolute atomic E-state index is 0.00693. The van der Waals surface area contributed by atoms with E-state index in [0.717, 1.165) is 25.9 Å². The Hall–Kier alpha value is -3.59. The molecule has 2 N–H and O–H groups in total. The second-order valence-electron chi connectivity index (χ2n) is 6.99. The van der Waals surface area contributed by atoms with Crippen molar-refractivity contribution in [3.8, 4) is 0 Å². The molecule has 0 saturated heterocycles. The zero-order valence-electron chi connectivity index (χ0n) is 18.0. The molecule has 2 rings (SSSR count). The summed E-state index contributed by atoms with van der Waals surface area (Å²) < 4.78 is 0. The van der Waals surface area contributed by atoms with Crippen LogP contribution in [0.25, 0.3) is 6.08 Å². The number of rotatable bonds is 9. The van der Waals surface area contributed by atoms with E-state index in [1.54, 1.807) is 36.4 Å². The molecule has 32 heavy (non-hydrogen) atoms. The Morgan fingerprint density at radius 3 is 2.16 bits per heavy atom. The molecule has 0 aliphatic carbocycles. The number of anilines is 1. The molecule has 0 unspecified atom stereocenters. The summed E-state index contributed by atoms with van der Waals surface area (Å²) in [5.41, 5.74) is 1.86. The van der Waals surface area contributed by atoms with Crippen LogP contribution in [0.3, 0.4) is 0 Å². The van der Waals surface area contributed by atoms with Gasteiger partial charge in [-0.25, -0.2) is 0 Å². The van der Waals surface area contributed by atoms with Crippen LogP contribution in [0.5, 0.6) is 0 Å². The summed E-state index contributed by atoms with van der Waals surface area (Å²) >= 11 is 5.16. The van der Waals surface area contributed by atoms with Crippen LogP contribution in [0, 0.1) is 10.1 Å². The Kier molecular flexibility index (Phi) is 9.49. The van der Waals surface area contributed by atoms with Gasteiger partial charge in [0.15, 0.2) is 5.11 Å². The van der Waals surface area contributed by atoms with Gasteiger partial charge < -0.3 is 10.2 Å². The van der Waals surface area contributed by atoms with Crippen molar-refractivity contribution in [3.63, 3.8) is 0 Å². The van der Waals surface area contributed by atoms with Crippen molar-refractivity contribution >= 4 is 46.6 Å². The fourth-order valence-corrected chi connectivity index (χ4v) is 3.15. The molecule has 0 heterocycles. The van der Waals surface area contributed by atoms with Crippen LogP contribution >= 0.6 is 12.2 Å². The van der Waals surface area contributed by atoms with Crippen molar-refractivity contribution in [1.29, 1.82) is 0 Å². The van der Waals surface area contributed by atoms with Crippen molar-refractivity contribution in [1.82, 2.24) is 10.2 Å². The molecule has 168 valence electrons. The first-order chi connectivity index (χ1) is 15.3. The highest BCUT2D eigenvalue weighted by Gasteiger charge is 2.14. The van der Waals surface area contributed by atoms with E-state index in [1.807, 2.05) is 18.7 Å². The predicted molar refractivity (Wildman–Crippen MR) is 129 cm³/mol. The number of carbonyl (C=O) groups is 2. The Bertz CT molecular complexity index is 982. The molecule has 2 amide bonds. The van der Waals surface area contributed by atoms with E-state index in [1.165, 1.54) is 24.3 Å². The molecule has 0 fully saturated rings. The van der Waals surface area contributed by atoms with E-state index < -0.39 is 10.8 Å². The lowest BCUT2D eigenvalue weighted by atomic mass is 10.1. The van der Waals surface area contributed by atoms with Gasteiger partial charge in [0.25, 0.3) is 11.6 Å². The van der Waals surface area contributed by atoms with Crippen LogP contribution in [-0.2, 0) is 4.79 Å². The van der Waals surface area contributed by atoms with E-state index in [9.17, 15) is 19.7 Å². The molecule has 0 atom stereocenters. The van der Waals surface area contributed by atoms with Crippen molar-refractivity contribution in [3.05, 3.63) is 75.8 Å². The highest BCUT2D eigenvalue weighted by Crippen LogP contribution is 2.14. The Labute approximate surface area is 192 Å². The van der Waals surface area contributed by atoms with Crippen LogP contribution < -0.4 is 10.6 Å². The minimum Gasteiger partial charge on any atom is -0.339 e. The van der Waals surface area contributed by atoms with E-state index >= 15 is 0 Å². The predicted octanol–water partition coefficient (Wildman–Crippen LogP) is 4.38. The normalized spacial score (nSPS) is 10.6. The first-order valence-electron chi connectivity index (χ1n) is 10.3. The highest BCUT2D eigenvalue weighted by molar-refractivity contribution is 7.80. The molecule has 0 aliphatic heterocycles. The summed E-state index contributed by atoms with van der Waals surface area (Å²) in [6.07, 6.45) is 4.61. The van der Waals surface area contributed by atoms with Crippen molar-refractivity contribution in [2.24, 2.45) is 0 Å². The van der Waals surface area contributed by atoms with E-state index in [2.05, 4.69) is 10.6 Å². The summed E-state index contributed by atoms with van der Waals surface area (Å²) in [6.45, 7) is 5.52. The maximum Gasteiger partial charge on any atom is 0.269 e. The van der Waals surface area contributed by atoms with Crippen LogP contribution in [0.2, 0.25) is 0 Å². The molecule has 2 aromatic rings. The molecule has 9 heteroatoms. The maximum absolute atomic E-state index is 12.6. The van der Waals surface area contributed by atoms with Crippen molar-refractivity contribution in [2.75, 3.05) is 18.4 Å². The van der Waals surface area contributed by atoms with Crippen molar-refractivity contribution < 1.29 is 14.5 Å². The average molecular weight is 455 g/mol. The number of amides is 2. The topological polar surface area (TPSA) is 105 Å². The third kappa shape index (κ3) is 7.59. The van der Waals surface area contributed by atoms with Gasteiger partial charge in [0.2, 0.25) is 5.91 Å². The summed E-state index contributed by atoms with van der Waals surface area (Å²) in [6, 6.07) is 12.7. The van der Waals surface area contributed by atoms with E-state index in [0.29, 0.717) is 16.8 Å². The van der Waals surface area contributed by atoms with Gasteiger partial charge >= 0.3 is 0 Å². The van der Waals surface area contributed by atoms with E-state index in [4.69, 9.17) is 12.2 Å². The lowest BCUT2D eigenvalue weighted by Gasteiger charge is -2.21. The number of nitrogens with zero attached hydrogens (tertiary/aromatic N) is 2. The molecule has 2 aromatic carbocycles. The Balaban J connectivity index is 1.90. The SMILES string of the molecule is CCCN(CCC)C(=O)c1ccc(NC(=S)NC(=O)/C=C/c2ccc([N+](=O)[O-])cc2)cc1. The lowest BCUT2D eigenvalue weighted by Crippen LogP contribution is -2.33. The van der Waals surface area contributed by atoms with Gasteiger partial charge in [0.05, 0.1) is 4.92 Å². The largest absolute Gasteiger partial charge is 0.339 e. The van der Waals surface area contributed by atoms with Gasteiger partial charge in [0, 0.05) is 42.5 Å². The van der Waals surface area contributed by atoms with Crippen LogP contribution in [-0.4, -0.2) is 39.8 Å². The zero-order valence-corrected chi connectivity index (χ0v) is 18.9. The number of nitro groups is 1. The van der Waals surface area contributed by atoms with E-state index in [-0.39, 0.29) is 16.7 Å². The third-order valence-electron chi connectivity index (χ3n) is 4.43. The first-order valence-corrected chi connectivity index (χ1v) is 10.7. The molecule has 0 radical (unpaired) electrons. The molecule has 0 spiro atoms. The lowest BCUT2D eigenvalue weighted by molar-refractivity contribution is -0.384. The number of hydrogen-bond acceptors (Lipinski definition) is 5. The number of carbonyl (C=O) groups excluding carboxylic acids is 2. The first kappa shape index (κ1) is 24.7. The van der Waals surface area contributed by atoms with Gasteiger partial charge in [-0.3, -0.25) is 25.0 Å². The Morgan fingerprint density at radius 2 is 1.62 bits per heavy atom. The second kappa shape index (κ2) is 12.3. The van der Waals surface area contributed by atoms with Crippen molar-refractivity contribution in [2.45, 2.75) is 26.7 Å². The summed E-state index contributed by atoms with van der Waals surface area (Å²) in [4.78, 5) is 36.7. The van der Waals surface area contributed by atoms with Gasteiger partial charge in [-0.15, -0.1) is 0 Å². The van der Waals surface area contributed by atoms with Gasteiger partial charge in [-0.05, 0) is 73.1 Å². The summed E-state index contributed by atoms with van der Waals surface area (Å²) in [5.74, 6) is -0.449. The molecular weight excluding hydrogens is 428 g/mol.